The number of methoxy groups -OCH3 is 2. The summed E-state index contributed by atoms with van der Waals surface area (Å²) in [6.07, 6.45) is 0. The van der Waals surface area contributed by atoms with Gasteiger partial charge in [-0.25, -0.2) is 0 Å². The van der Waals surface area contributed by atoms with Gasteiger partial charge in [0, 0.05) is 12.1 Å². The second kappa shape index (κ2) is 14.4. The molecule has 8 heteroatoms. The SMILES string of the molecule is COc1cccc(OC)c1C(=O)Pc1c(Oc2ccccc2)cc(Oc2ccccc2)cc1Oc1ccccc1.[Li+]. The van der Waals surface area contributed by atoms with Gasteiger partial charge in [-0.3, -0.25) is 4.79 Å². The first-order valence-corrected chi connectivity index (χ1v) is 13.5. The number of benzene rings is 5. The van der Waals surface area contributed by atoms with Gasteiger partial charge in [0.1, 0.15) is 51.6 Å². The fraction of sp³-hybridized carbons (Fsp3) is 0.0606. The first kappa shape index (κ1) is 29.8. The smallest absolute Gasteiger partial charge is 0.496 e. The van der Waals surface area contributed by atoms with Crippen molar-refractivity contribution in [1.29, 1.82) is 0 Å². The van der Waals surface area contributed by atoms with E-state index >= 15 is 0 Å². The van der Waals surface area contributed by atoms with E-state index in [1.165, 1.54) is 14.2 Å². The number of hydrogen-bond acceptors (Lipinski definition) is 6. The van der Waals surface area contributed by atoms with E-state index in [0.29, 0.717) is 56.9 Å². The minimum Gasteiger partial charge on any atom is -0.496 e. The Morgan fingerprint density at radius 1 is 0.512 bits per heavy atom. The Morgan fingerprint density at radius 2 is 0.927 bits per heavy atom. The molecule has 41 heavy (non-hydrogen) atoms. The van der Waals surface area contributed by atoms with Crippen LogP contribution in [0.5, 0.6) is 46.0 Å². The zero-order chi connectivity index (χ0) is 27.7. The van der Waals surface area contributed by atoms with Crippen LogP contribution in [0, 0.1) is 0 Å². The van der Waals surface area contributed by atoms with Gasteiger partial charge in [0.2, 0.25) is 0 Å². The quantitative estimate of drug-likeness (QED) is 0.164. The average Bonchev–Trinajstić information content (AvgIpc) is 3.00. The topological polar surface area (TPSA) is 63.2 Å². The van der Waals surface area contributed by atoms with Gasteiger partial charge < -0.3 is 23.7 Å². The predicted octanol–water partition coefficient (Wildman–Crippen LogP) is 5.23. The average molecular weight is 557 g/mol. The van der Waals surface area contributed by atoms with E-state index in [1.54, 1.807) is 30.3 Å². The maximum absolute atomic E-state index is 13.9. The van der Waals surface area contributed by atoms with Crippen LogP contribution in [0.15, 0.2) is 121 Å². The molecule has 0 radical (unpaired) electrons. The van der Waals surface area contributed by atoms with Gasteiger partial charge in [0.15, 0.2) is 5.52 Å². The normalized spacial score (nSPS) is 10.5. The van der Waals surface area contributed by atoms with E-state index in [9.17, 15) is 4.79 Å². The molecule has 0 N–H and O–H groups in total. The molecule has 0 spiro atoms. The summed E-state index contributed by atoms with van der Waals surface area (Å²) >= 11 is 0. The number of carbonyl (C=O) groups excluding carboxylic acids is 1. The second-order valence-corrected chi connectivity index (χ2v) is 9.74. The van der Waals surface area contributed by atoms with Crippen LogP contribution in [0.4, 0.5) is 0 Å². The Kier molecular flexibility index (Phi) is 10.5. The summed E-state index contributed by atoms with van der Waals surface area (Å²) in [4.78, 5) is 13.9. The van der Waals surface area contributed by atoms with Gasteiger partial charge in [-0.2, -0.15) is 0 Å². The zero-order valence-electron chi connectivity index (χ0n) is 23.0. The summed E-state index contributed by atoms with van der Waals surface area (Å²) in [5, 5.41) is 0.575. The third-order valence-electron chi connectivity index (χ3n) is 5.85. The van der Waals surface area contributed by atoms with E-state index in [4.69, 9.17) is 23.7 Å². The molecule has 0 amide bonds. The molecular formula is C33H27LiO6P+. The fourth-order valence-electron chi connectivity index (χ4n) is 4.02. The second-order valence-electron chi connectivity index (χ2n) is 8.53. The van der Waals surface area contributed by atoms with Crippen molar-refractivity contribution in [3.05, 3.63) is 127 Å². The van der Waals surface area contributed by atoms with Gasteiger partial charge in [0.25, 0.3) is 0 Å². The molecular weight excluding hydrogens is 530 g/mol. The molecule has 0 aromatic heterocycles. The van der Waals surface area contributed by atoms with E-state index in [1.807, 2.05) is 91.0 Å². The Balaban J connectivity index is 0.00000387. The molecule has 200 valence electrons. The van der Waals surface area contributed by atoms with Crippen molar-refractivity contribution in [3.63, 3.8) is 0 Å². The molecule has 0 aliphatic heterocycles. The number of ether oxygens (including phenoxy) is 5. The van der Waals surface area contributed by atoms with E-state index in [-0.39, 0.29) is 33.0 Å². The van der Waals surface area contributed by atoms with Gasteiger partial charge >= 0.3 is 18.9 Å². The molecule has 1 atom stereocenters. The molecule has 6 nitrogen and oxygen atoms in total. The Hall–Kier alpha value is -4.20. The molecule has 5 aromatic carbocycles. The molecule has 0 heterocycles. The largest absolute Gasteiger partial charge is 1.00 e. The molecule has 0 aliphatic rings. The Bertz CT molecular complexity index is 1500. The van der Waals surface area contributed by atoms with Crippen LogP contribution in [0.25, 0.3) is 0 Å². The third kappa shape index (κ3) is 7.51. The summed E-state index contributed by atoms with van der Waals surface area (Å²) in [6.45, 7) is 0. The molecule has 5 rings (SSSR count). The number of hydrogen-bond donors (Lipinski definition) is 0. The molecule has 0 bridgehead atoms. The van der Waals surface area contributed by atoms with Gasteiger partial charge in [0.05, 0.1) is 19.5 Å². The van der Waals surface area contributed by atoms with Crippen LogP contribution in [-0.4, -0.2) is 19.7 Å². The van der Waals surface area contributed by atoms with E-state index in [0.717, 1.165) is 0 Å². The number of para-hydroxylation sites is 3. The summed E-state index contributed by atoms with van der Waals surface area (Å²) in [6, 6.07) is 37.0. The van der Waals surface area contributed by atoms with Crippen molar-refractivity contribution in [1.82, 2.24) is 0 Å². The van der Waals surface area contributed by atoms with Crippen LogP contribution >= 0.6 is 8.58 Å². The molecule has 0 saturated carbocycles. The molecule has 5 aromatic rings. The maximum Gasteiger partial charge on any atom is 1.00 e. The Morgan fingerprint density at radius 3 is 1.34 bits per heavy atom. The number of rotatable bonds is 11. The van der Waals surface area contributed by atoms with Crippen molar-refractivity contribution < 1.29 is 47.3 Å². The van der Waals surface area contributed by atoms with Crippen molar-refractivity contribution in [2.45, 2.75) is 0 Å². The summed E-state index contributed by atoms with van der Waals surface area (Å²) in [7, 11) is 2.67. The van der Waals surface area contributed by atoms with E-state index < -0.39 is 0 Å². The van der Waals surface area contributed by atoms with Crippen LogP contribution in [0.1, 0.15) is 10.4 Å². The standard InChI is InChI=1S/C33H27O6P.Li/c1-35-27-19-12-20-28(36-2)31(27)33(34)40-32-29(38-24-15-8-4-9-16-24)21-26(37-23-13-6-3-7-14-23)22-30(32)39-25-17-10-5-11-18-25;/h3-22,40H,1-2H3;/q;+1. The minimum absolute atomic E-state index is 0. The summed E-state index contributed by atoms with van der Waals surface area (Å²) in [5.41, 5.74) is 0.161. The van der Waals surface area contributed by atoms with Gasteiger partial charge in [-0.15, -0.1) is 0 Å². The molecule has 0 fully saturated rings. The van der Waals surface area contributed by atoms with Crippen molar-refractivity contribution in [3.8, 4) is 46.0 Å². The monoisotopic (exact) mass is 557 g/mol. The minimum atomic E-state index is -0.385. The van der Waals surface area contributed by atoms with Crippen molar-refractivity contribution >= 4 is 19.4 Å². The first-order chi connectivity index (χ1) is 19.6. The Labute approximate surface area is 253 Å². The predicted molar refractivity (Wildman–Crippen MR) is 158 cm³/mol. The molecule has 0 aliphatic carbocycles. The van der Waals surface area contributed by atoms with Crippen LogP contribution in [-0.2, 0) is 0 Å². The molecule has 1 unspecified atom stereocenters. The van der Waals surface area contributed by atoms with Crippen molar-refractivity contribution in [2.24, 2.45) is 0 Å². The van der Waals surface area contributed by atoms with Crippen LogP contribution < -0.4 is 47.8 Å². The van der Waals surface area contributed by atoms with E-state index in [2.05, 4.69) is 0 Å². The maximum atomic E-state index is 13.9. The number of carbonyl (C=O) groups is 1. The first-order valence-electron chi connectivity index (χ1n) is 12.5. The molecule has 0 saturated heterocycles. The van der Waals surface area contributed by atoms with Crippen LogP contribution in [0.3, 0.4) is 0 Å². The van der Waals surface area contributed by atoms with Crippen LogP contribution in [0.2, 0.25) is 0 Å². The van der Waals surface area contributed by atoms with Gasteiger partial charge in [-0.1, -0.05) is 60.7 Å². The summed E-state index contributed by atoms with van der Waals surface area (Å²) < 4.78 is 29.9. The fourth-order valence-corrected chi connectivity index (χ4v) is 5.11. The van der Waals surface area contributed by atoms with Crippen molar-refractivity contribution in [2.75, 3.05) is 14.2 Å². The zero-order valence-corrected chi connectivity index (χ0v) is 24.0. The van der Waals surface area contributed by atoms with Gasteiger partial charge in [-0.05, 0) is 57.1 Å². The third-order valence-corrected chi connectivity index (χ3v) is 7.07. The summed E-state index contributed by atoms with van der Waals surface area (Å²) in [5.74, 6) is 4.10.